The van der Waals surface area contributed by atoms with Gasteiger partial charge in [-0.2, -0.15) is 0 Å². The lowest BCUT2D eigenvalue weighted by Crippen LogP contribution is -2.55. The molecule has 0 aromatic rings. The molecular formula is C48H80N8O16. The van der Waals surface area contributed by atoms with Gasteiger partial charge in [0.15, 0.2) is 0 Å². The minimum Gasteiger partial charge on any atom is -0.453 e. The van der Waals surface area contributed by atoms with E-state index in [1.807, 2.05) is 83.1 Å². The number of carbonyl (C=O) groups excluding carboxylic acids is 8. The first kappa shape index (κ1) is 57.1. The number of amides is 8. The van der Waals surface area contributed by atoms with Gasteiger partial charge in [-0.15, -0.1) is 0 Å². The van der Waals surface area contributed by atoms with E-state index in [4.69, 9.17) is 18.9 Å². The maximum absolute atomic E-state index is 12.0. The molecule has 4 saturated carbocycles. The molecular weight excluding hydrogens is 945 g/mol. The van der Waals surface area contributed by atoms with Gasteiger partial charge in [-0.25, -0.2) is 38.4 Å². The van der Waals surface area contributed by atoms with Crippen molar-refractivity contribution in [3.8, 4) is 0 Å². The van der Waals surface area contributed by atoms with Gasteiger partial charge in [0.05, 0.1) is 76.8 Å². The van der Waals surface area contributed by atoms with E-state index in [0.717, 1.165) is 25.7 Å². The molecule has 0 spiro atoms. The van der Waals surface area contributed by atoms with Gasteiger partial charge >= 0.3 is 48.7 Å². The van der Waals surface area contributed by atoms with E-state index in [1.165, 1.54) is 28.4 Å². The molecule has 12 atom stereocenters. The number of carbonyl (C=O) groups is 8. The maximum atomic E-state index is 12.0. The SMILES string of the molecule is COC(=O)N[C@@H]1[C@H]2C[C@@H]1N(C(=O)OC(C)(C)C)C2.COC(=O)N[C@@H]1[C@H]2C[C@@H]1N(C(=O)OC(C)(C)C)C2.COC(=O)N[C@H]1[C@@H]2C[C@H]1N(C(=O)OC(C)(C)C)C2.COC(=O)N[C@H]1[C@@H]2C[C@H]1N(C(=O)OC(C)(C)C)C2. The fourth-order valence-electron chi connectivity index (χ4n) is 10.2. The summed E-state index contributed by atoms with van der Waals surface area (Å²) in [4.78, 5) is 99.3. The summed E-state index contributed by atoms with van der Waals surface area (Å²) >= 11 is 0. The standard InChI is InChI=1S/4C12H20N2O4/c4*1-12(2,3)18-11(16)14-6-7-5-8(14)9(7)13-10(15)17-4/h4*7-9H,5-6H2,1-4H3,(H,13,15)/t4*7-,8-,9+/m1100/s1. The van der Waals surface area contributed by atoms with Gasteiger partial charge in [0.25, 0.3) is 0 Å². The second kappa shape index (κ2) is 22.1. The van der Waals surface area contributed by atoms with E-state index < -0.39 is 46.8 Å². The predicted molar refractivity (Wildman–Crippen MR) is 257 cm³/mol. The number of ether oxygens (including phenoxy) is 8. The molecule has 8 amide bonds. The summed E-state index contributed by atoms with van der Waals surface area (Å²) in [6.07, 6.45) is 0.716. The number of alkyl carbamates (subject to hydrolysis) is 4. The Morgan fingerprint density at radius 2 is 0.500 bits per heavy atom. The van der Waals surface area contributed by atoms with Crippen molar-refractivity contribution in [3.05, 3.63) is 0 Å². The predicted octanol–water partition coefficient (Wildman–Crippen LogP) is 5.40. The number of nitrogens with zero attached hydrogens (tertiary/aromatic N) is 4. The third kappa shape index (κ3) is 14.2. The number of fused-ring (bicyclic) bond motifs is 4. The van der Waals surface area contributed by atoms with E-state index >= 15 is 0 Å². The molecule has 8 bridgehead atoms. The van der Waals surface area contributed by atoms with Crippen LogP contribution in [0, 0.1) is 23.7 Å². The van der Waals surface area contributed by atoms with Crippen molar-refractivity contribution in [2.75, 3.05) is 54.6 Å². The van der Waals surface area contributed by atoms with Gasteiger partial charge in [0.2, 0.25) is 0 Å². The van der Waals surface area contributed by atoms with Crippen LogP contribution in [0.15, 0.2) is 0 Å². The van der Waals surface area contributed by atoms with Crippen LogP contribution in [-0.2, 0) is 37.9 Å². The minimum absolute atomic E-state index is 0.00460. The lowest BCUT2D eigenvalue weighted by Gasteiger charge is -2.36. The number of nitrogens with one attached hydrogen (secondary N) is 4. The zero-order valence-electron chi connectivity index (χ0n) is 44.9. The zero-order chi connectivity index (χ0) is 54.0. The van der Waals surface area contributed by atoms with Crippen LogP contribution in [0.2, 0.25) is 0 Å². The normalized spacial score (nSPS) is 29.6. The molecule has 8 aliphatic heterocycles. The Morgan fingerprint density at radius 1 is 0.333 bits per heavy atom. The highest BCUT2D eigenvalue weighted by molar-refractivity contribution is 5.74. The van der Waals surface area contributed by atoms with Gasteiger partial charge in [0.1, 0.15) is 22.4 Å². The summed E-state index contributed by atoms with van der Waals surface area (Å²) in [5.41, 5.74) is -1.96. The van der Waals surface area contributed by atoms with Crippen LogP contribution in [0.5, 0.6) is 0 Å². The molecule has 408 valence electrons. The van der Waals surface area contributed by atoms with E-state index in [9.17, 15) is 38.4 Å². The summed E-state index contributed by atoms with van der Waals surface area (Å²) in [6.45, 7) is 24.7. The molecule has 4 N–H and O–H groups in total. The Hall–Kier alpha value is -5.84. The summed E-state index contributed by atoms with van der Waals surface area (Å²) in [6, 6.07) is 0.200. The van der Waals surface area contributed by atoms with Gasteiger partial charge in [-0.1, -0.05) is 0 Å². The highest BCUT2D eigenvalue weighted by Gasteiger charge is 2.58. The van der Waals surface area contributed by atoms with Crippen LogP contribution in [0.1, 0.15) is 109 Å². The molecule has 0 aromatic carbocycles. The molecule has 12 rings (SSSR count). The lowest BCUT2D eigenvalue weighted by atomic mass is 9.80. The largest absolute Gasteiger partial charge is 0.453 e. The fraction of sp³-hybridized carbons (Fsp3) is 0.833. The summed E-state index contributed by atoms with van der Waals surface area (Å²) in [5.74, 6) is 1.28. The Balaban J connectivity index is 0.000000178. The van der Waals surface area contributed by atoms with Crippen molar-refractivity contribution in [3.63, 3.8) is 0 Å². The third-order valence-corrected chi connectivity index (χ3v) is 13.6. The van der Waals surface area contributed by atoms with Crippen LogP contribution in [0.25, 0.3) is 0 Å². The molecule has 0 aromatic heterocycles. The first-order valence-corrected chi connectivity index (χ1v) is 24.6. The van der Waals surface area contributed by atoms with Crippen molar-refractivity contribution in [2.24, 2.45) is 23.7 Å². The third-order valence-electron chi connectivity index (χ3n) is 13.6. The molecule has 8 heterocycles. The molecule has 12 fully saturated rings. The molecule has 8 saturated heterocycles. The number of methoxy groups -OCH3 is 4. The zero-order valence-corrected chi connectivity index (χ0v) is 44.9. The van der Waals surface area contributed by atoms with Gasteiger partial charge in [0, 0.05) is 49.9 Å². The van der Waals surface area contributed by atoms with E-state index in [1.54, 1.807) is 19.6 Å². The summed E-state index contributed by atoms with van der Waals surface area (Å²) in [5, 5.41) is 11.1. The highest BCUT2D eigenvalue weighted by atomic mass is 16.6. The van der Waals surface area contributed by atoms with Crippen molar-refractivity contribution >= 4 is 48.7 Å². The monoisotopic (exact) mass is 1020 g/mol. The molecule has 24 nitrogen and oxygen atoms in total. The summed E-state index contributed by atoms with van der Waals surface area (Å²) < 4.78 is 39.7. The van der Waals surface area contributed by atoms with Crippen LogP contribution >= 0.6 is 0 Å². The first-order valence-electron chi connectivity index (χ1n) is 24.6. The van der Waals surface area contributed by atoms with Crippen molar-refractivity contribution < 1.29 is 76.3 Å². The van der Waals surface area contributed by atoms with E-state index in [0.29, 0.717) is 49.9 Å². The number of hydrogen-bond acceptors (Lipinski definition) is 16. The van der Waals surface area contributed by atoms with Gasteiger partial charge in [-0.05, 0) is 109 Å². The molecule has 24 heteroatoms. The highest BCUT2D eigenvalue weighted by Crippen LogP contribution is 2.44. The van der Waals surface area contributed by atoms with Crippen molar-refractivity contribution in [1.82, 2.24) is 40.9 Å². The summed E-state index contributed by atoms with van der Waals surface area (Å²) in [7, 11) is 5.34. The molecule has 0 radical (unpaired) electrons. The first-order chi connectivity index (χ1) is 33.3. The van der Waals surface area contributed by atoms with Crippen LogP contribution < -0.4 is 21.3 Å². The van der Waals surface area contributed by atoms with Crippen molar-refractivity contribution in [2.45, 2.75) is 180 Å². The van der Waals surface area contributed by atoms with Crippen molar-refractivity contribution in [1.29, 1.82) is 0 Å². The Kier molecular flexibility index (Phi) is 17.5. The Bertz CT molecular complexity index is 1730. The molecule has 12 aliphatic rings. The number of hydrogen-bond donors (Lipinski definition) is 4. The van der Waals surface area contributed by atoms with E-state index in [-0.39, 0.29) is 72.7 Å². The fourth-order valence-corrected chi connectivity index (χ4v) is 10.2. The van der Waals surface area contributed by atoms with Gasteiger partial charge in [-0.3, -0.25) is 0 Å². The maximum Gasteiger partial charge on any atom is 0.410 e. The second-order valence-corrected chi connectivity index (χ2v) is 23.4. The van der Waals surface area contributed by atoms with E-state index in [2.05, 4.69) is 40.2 Å². The second-order valence-electron chi connectivity index (χ2n) is 23.4. The molecule has 0 unspecified atom stereocenters. The average molecular weight is 1030 g/mol. The quantitative estimate of drug-likeness (QED) is 0.257. The van der Waals surface area contributed by atoms with Crippen LogP contribution in [-0.4, -0.2) is 194 Å². The molecule has 72 heavy (non-hydrogen) atoms. The molecule has 4 aliphatic carbocycles. The van der Waals surface area contributed by atoms with Gasteiger partial charge < -0.3 is 78.8 Å². The Labute approximate surface area is 422 Å². The van der Waals surface area contributed by atoms with Crippen LogP contribution in [0.3, 0.4) is 0 Å². The topological polar surface area (TPSA) is 271 Å². The van der Waals surface area contributed by atoms with Crippen LogP contribution in [0.4, 0.5) is 38.4 Å². The smallest absolute Gasteiger partial charge is 0.410 e. The Morgan fingerprint density at radius 3 is 0.639 bits per heavy atom. The number of rotatable bonds is 4. The average Bonchev–Trinajstić information content (AvgIpc) is 4.12. The minimum atomic E-state index is -0.491. The lowest BCUT2D eigenvalue weighted by molar-refractivity contribution is 0.0213.